The standard InChI is InChI=1S/C12H11NO3S2/c1-2-16-8-5-3-4-7(10(8)14)6-9-11(15)13-12(17)18-9/h3-6,14H,2H2,1H3,(H,13,15,17)/b9-6+. The monoisotopic (exact) mass is 281 g/mol. The molecule has 2 rings (SSSR count). The third-order valence-electron chi connectivity index (χ3n) is 2.26. The number of hydrogen-bond acceptors (Lipinski definition) is 5. The molecule has 1 heterocycles. The van der Waals surface area contributed by atoms with Gasteiger partial charge in [-0.3, -0.25) is 4.79 Å². The molecular formula is C12H11NO3S2. The molecule has 94 valence electrons. The molecule has 0 bridgehead atoms. The summed E-state index contributed by atoms with van der Waals surface area (Å²) >= 11 is 6.07. The van der Waals surface area contributed by atoms with Crippen LogP contribution in [0.3, 0.4) is 0 Å². The highest BCUT2D eigenvalue weighted by molar-refractivity contribution is 8.26. The van der Waals surface area contributed by atoms with Crippen molar-refractivity contribution >= 4 is 40.3 Å². The third-order valence-corrected chi connectivity index (χ3v) is 3.42. The number of phenolic OH excluding ortho intramolecular Hbond substituents is 1. The van der Waals surface area contributed by atoms with Crippen molar-refractivity contribution in [2.24, 2.45) is 0 Å². The van der Waals surface area contributed by atoms with Gasteiger partial charge in [-0.1, -0.05) is 36.1 Å². The Kier molecular flexibility index (Phi) is 3.88. The number of amides is 1. The Morgan fingerprint density at radius 1 is 1.56 bits per heavy atom. The average Bonchev–Trinajstić information content (AvgIpc) is 2.63. The van der Waals surface area contributed by atoms with E-state index in [2.05, 4.69) is 5.32 Å². The lowest BCUT2D eigenvalue weighted by molar-refractivity contribution is -0.115. The minimum Gasteiger partial charge on any atom is -0.504 e. The van der Waals surface area contributed by atoms with Crippen molar-refractivity contribution in [3.8, 4) is 11.5 Å². The number of carbonyl (C=O) groups is 1. The molecule has 0 aliphatic carbocycles. The number of hydrogen-bond donors (Lipinski definition) is 2. The highest BCUT2D eigenvalue weighted by atomic mass is 32.2. The maximum Gasteiger partial charge on any atom is 0.263 e. The summed E-state index contributed by atoms with van der Waals surface area (Å²) in [5, 5.41) is 12.5. The zero-order valence-electron chi connectivity index (χ0n) is 9.60. The topological polar surface area (TPSA) is 58.6 Å². The van der Waals surface area contributed by atoms with Gasteiger partial charge in [0.05, 0.1) is 11.5 Å². The average molecular weight is 281 g/mol. The lowest BCUT2D eigenvalue weighted by Crippen LogP contribution is -2.17. The molecule has 1 aliphatic rings. The molecule has 0 radical (unpaired) electrons. The van der Waals surface area contributed by atoms with Crippen molar-refractivity contribution in [3.63, 3.8) is 0 Å². The van der Waals surface area contributed by atoms with Crippen molar-refractivity contribution in [1.82, 2.24) is 5.32 Å². The van der Waals surface area contributed by atoms with Gasteiger partial charge in [0.2, 0.25) is 0 Å². The van der Waals surface area contributed by atoms with E-state index in [0.717, 1.165) is 0 Å². The Morgan fingerprint density at radius 2 is 2.33 bits per heavy atom. The molecule has 0 atom stereocenters. The molecule has 4 nitrogen and oxygen atoms in total. The van der Waals surface area contributed by atoms with E-state index in [-0.39, 0.29) is 11.7 Å². The lowest BCUT2D eigenvalue weighted by atomic mass is 10.1. The van der Waals surface area contributed by atoms with Crippen LogP contribution in [0, 0.1) is 0 Å². The van der Waals surface area contributed by atoms with Gasteiger partial charge in [-0.15, -0.1) is 0 Å². The molecule has 1 aromatic carbocycles. The Hall–Kier alpha value is -1.53. The van der Waals surface area contributed by atoms with Gasteiger partial charge in [-0.05, 0) is 19.1 Å². The van der Waals surface area contributed by atoms with Crippen LogP contribution in [0.15, 0.2) is 23.1 Å². The first kappa shape index (κ1) is 12.9. The summed E-state index contributed by atoms with van der Waals surface area (Å²) in [5.74, 6) is 0.183. The van der Waals surface area contributed by atoms with Crippen molar-refractivity contribution in [3.05, 3.63) is 28.7 Å². The summed E-state index contributed by atoms with van der Waals surface area (Å²) in [6.45, 7) is 2.30. The van der Waals surface area contributed by atoms with Crippen LogP contribution in [0.2, 0.25) is 0 Å². The first-order valence-electron chi connectivity index (χ1n) is 5.31. The molecule has 1 aliphatic heterocycles. The number of thiocarbonyl (C=S) groups is 1. The smallest absolute Gasteiger partial charge is 0.263 e. The molecule has 0 unspecified atom stereocenters. The van der Waals surface area contributed by atoms with E-state index in [4.69, 9.17) is 17.0 Å². The first-order chi connectivity index (χ1) is 8.61. The number of carbonyl (C=O) groups excluding carboxylic acids is 1. The van der Waals surface area contributed by atoms with E-state index in [9.17, 15) is 9.90 Å². The van der Waals surface area contributed by atoms with Gasteiger partial charge in [0, 0.05) is 5.56 Å². The number of nitrogens with one attached hydrogen (secondary N) is 1. The fourth-order valence-electron chi connectivity index (χ4n) is 1.49. The van der Waals surface area contributed by atoms with Crippen LogP contribution in [0.4, 0.5) is 0 Å². The van der Waals surface area contributed by atoms with E-state index >= 15 is 0 Å². The van der Waals surface area contributed by atoms with Gasteiger partial charge >= 0.3 is 0 Å². The fourth-order valence-corrected chi connectivity index (χ4v) is 2.53. The molecule has 1 saturated heterocycles. The molecular weight excluding hydrogens is 270 g/mol. The van der Waals surface area contributed by atoms with Gasteiger partial charge in [0.15, 0.2) is 11.5 Å². The maximum absolute atomic E-state index is 11.5. The molecule has 18 heavy (non-hydrogen) atoms. The Bertz CT molecular complexity index is 540. The van der Waals surface area contributed by atoms with Gasteiger partial charge in [-0.2, -0.15) is 0 Å². The largest absolute Gasteiger partial charge is 0.504 e. The number of phenols is 1. The fraction of sp³-hybridized carbons (Fsp3) is 0.167. The van der Waals surface area contributed by atoms with Gasteiger partial charge in [0.25, 0.3) is 5.91 Å². The zero-order valence-corrected chi connectivity index (χ0v) is 11.2. The minimum atomic E-state index is -0.244. The summed E-state index contributed by atoms with van der Waals surface area (Å²) < 4.78 is 5.70. The van der Waals surface area contributed by atoms with Crippen LogP contribution < -0.4 is 10.1 Å². The number of thioether (sulfide) groups is 1. The maximum atomic E-state index is 11.5. The van der Waals surface area contributed by atoms with Gasteiger partial charge in [0.1, 0.15) is 4.32 Å². The predicted molar refractivity (Wildman–Crippen MR) is 75.6 cm³/mol. The summed E-state index contributed by atoms with van der Waals surface area (Å²) in [4.78, 5) is 12.0. The summed E-state index contributed by atoms with van der Waals surface area (Å²) in [6, 6.07) is 5.14. The molecule has 6 heteroatoms. The number of rotatable bonds is 3. The van der Waals surface area contributed by atoms with E-state index in [1.165, 1.54) is 11.8 Å². The molecule has 1 amide bonds. The van der Waals surface area contributed by atoms with E-state index in [1.807, 2.05) is 6.92 Å². The molecule has 1 aromatic rings. The van der Waals surface area contributed by atoms with Crippen molar-refractivity contribution in [2.45, 2.75) is 6.92 Å². The Morgan fingerprint density at radius 3 is 2.94 bits per heavy atom. The second-order valence-electron chi connectivity index (χ2n) is 3.48. The quantitative estimate of drug-likeness (QED) is 0.657. The van der Waals surface area contributed by atoms with Crippen LogP contribution in [-0.2, 0) is 4.79 Å². The zero-order chi connectivity index (χ0) is 13.1. The van der Waals surface area contributed by atoms with Crippen LogP contribution >= 0.6 is 24.0 Å². The van der Waals surface area contributed by atoms with Crippen LogP contribution in [0.1, 0.15) is 12.5 Å². The molecule has 0 spiro atoms. The highest BCUT2D eigenvalue weighted by Gasteiger charge is 2.22. The number of aromatic hydroxyl groups is 1. The third kappa shape index (κ3) is 2.65. The lowest BCUT2D eigenvalue weighted by Gasteiger charge is -2.07. The van der Waals surface area contributed by atoms with Gasteiger partial charge in [-0.25, -0.2) is 0 Å². The van der Waals surface area contributed by atoms with E-state index in [1.54, 1.807) is 24.3 Å². The first-order valence-corrected chi connectivity index (χ1v) is 6.54. The summed E-state index contributed by atoms with van der Waals surface area (Å²) in [7, 11) is 0. The SMILES string of the molecule is CCOc1cccc(/C=C2/SC(=S)NC2=O)c1O. The summed E-state index contributed by atoms with van der Waals surface area (Å²) in [5.41, 5.74) is 0.531. The summed E-state index contributed by atoms with van der Waals surface area (Å²) in [6.07, 6.45) is 1.59. The second kappa shape index (κ2) is 5.41. The van der Waals surface area contributed by atoms with E-state index < -0.39 is 0 Å². The predicted octanol–water partition coefficient (Wildman–Crippen LogP) is 2.28. The molecule has 1 fully saturated rings. The normalized spacial score (nSPS) is 17.1. The number of ether oxygens (including phenoxy) is 1. The number of para-hydroxylation sites is 1. The Labute approximate surface area is 114 Å². The Balaban J connectivity index is 2.35. The van der Waals surface area contributed by atoms with Crippen molar-refractivity contribution < 1.29 is 14.6 Å². The van der Waals surface area contributed by atoms with E-state index in [0.29, 0.717) is 27.1 Å². The van der Waals surface area contributed by atoms with Crippen LogP contribution in [0.5, 0.6) is 11.5 Å². The van der Waals surface area contributed by atoms with Crippen LogP contribution in [0.25, 0.3) is 6.08 Å². The minimum absolute atomic E-state index is 0.0260. The molecule has 2 N–H and O–H groups in total. The highest BCUT2D eigenvalue weighted by Crippen LogP contribution is 2.34. The number of benzene rings is 1. The van der Waals surface area contributed by atoms with Crippen molar-refractivity contribution in [1.29, 1.82) is 0 Å². The molecule has 0 aromatic heterocycles. The molecule has 0 saturated carbocycles. The van der Waals surface area contributed by atoms with Crippen molar-refractivity contribution in [2.75, 3.05) is 6.61 Å². The second-order valence-corrected chi connectivity index (χ2v) is 5.20. The van der Waals surface area contributed by atoms with Crippen LogP contribution in [-0.4, -0.2) is 21.9 Å². The van der Waals surface area contributed by atoms with Gasteiger partial charge < -0.3 is 15.2 Å².